The third-order valence-corrected chi connectivity index (χ3v) is 2.05. The Kier molecular flexibility index (Phi) is 5.91. The Morgan fingerprint density at radius 1 is 1.17 bits per heavy atom. The Hall–Kier alpha value is -0.990. The van der Waals surface area contributed by atoms with Gasteiger partial charge in [-0.2, -0.15) is 26.3 Å². The van der Waals surface area contributed by atoms with Crippen LogP contribution >= 0.6 is 0 Å². The minimum absolute atomic E-state index is 0.214. The van der Waals surface area contributed by atoms with Gasteiger partial charge in [0.05, 0.1) is 0 Å². The number of amides is 1. The highest BCUT2D eigenvalue weighted by Gasteiger charge is 2.60. The van der Waals surface area contributed by atoms with E-state index in [1.165, 1.54) is 0 Å². The van der Waals surface area contributed by atoms with Gasteiger partial charge in [0.2, 0.25) is 11.8 Å². The van der Waals surface area contributed by atoms with Gasteiger partial charge >= 0.3 is 12.4 Å². The summed E-state index contributed by atoms with van der Waals surface area (Å²) in [5.41, 5.74) is 5.33. The number of carbonyl (C=O) groups is 1. The molecule has 3 nitrogen and oxygen atoms in total. The van der Waals surface area contributed by atoms with Gasteiger partial charge in [-0.1, -0.05) is 0 Å². The van der Waals surface area contributed by atoms with E-state index in [0.29, 0.717) is 6.42 Å². The second-order valence-corrected chi connectivity index (χ2v) is 3.93. The Balaban J connectivity index is 4.43. The smallest absolute Gasteiger partial charge is 0.355 e. The third kappa shape index (κ3) is 6.08. The largest absolute Gasteiger partial charge is 0.409 e. The molecule has 0 aromatic rings. The van der Waals surface area contributed by atoms with Crippen LogP contribution in [0.5, 0.6) is 0 Å². The first-order chi connectivity index (χ1) is 7.96. The summed E-state index contributed by atoms with van der Waals surface area (Å²) in [6.07, 6.45) is -10.7. The van der Waals surface area contributed by atoms with E-state index in [2.05, 4.69) is 0 Å². The second-order valence-electron chi connectivity index (χ2n) is 3.93. The monoisotopic (exact) mass is 280 g/mol. The summed E-state index contributed by atoms with van der Waals surface area (Å²) in [6.45, 7) is 1.36. The van der Waals surface area contributed by atoms with Gasteiger partial charge in [0.25, 0.3) is 0 Å². The summed E-state index contributed by atoms with van der Waals surface area (Å²) in [6, 6.07) is -0.233. The Morgan fingerprint density at radius 3 is 1.94 bits per heavy atom. The van der Waals surface area contributed by atoms with E-state index in [4.69, 9.17) is 5.73 Å². The van der Waals surface area contributed by atoms with Crippen molar-refractivity contribution in [2.45, 2.75) is 38.2 Å². The van der Waals surface area contributed by atoms with E-state index in [0.717, 1.165) is 0 Å². The highest BCUT2D eigenvalue weighted by atomic mass is 19.4. The van der Waals surface area contributed by atoms with Gasteiger partial charge in [-0.3, -0.25) is 4.79 Å². The van der Waals surface area contributed by atoms with Gasteiger partial charge in [0.15, 0.2) is 0 Å². The van der Waals surface area contributed by atoms with Crippen LogP contribution < -0.4 is 11.1 Å². The lowest BCUT2D eigenvalue weighted by Crippen LogP contribution is -2.48. The molecule has 18 heavy (non-hydrogen) atoms. The van der Waals surface area contributed by atoms with Crippen molar-refractivity contribution in [1.29, 1.82) is 0 Å². The first kappa shape index (κ1) is 17.0. The minimum Gasteiger partial charge on any atom is -0.355 e. The van der Waals surface area contributed by atoms with Crippen molar-refractivity contribution in [3.05, 3.63) is 0 Å². The summed E-state index contributed by atoms with van der Waals surface area (Å²) in [4.78, 5) is 10.9. The van der Waals surface area contributed by atoms with Crippen molar-refractivity contribution in [1.82, 2.24) is 5.32 Å². The fourth-order valence-electron chi connectivity index (χ4n) is 1.22. The molecule has 9 heteroatoms. The molecule has 0 spiro atoms. The summed E-state index contributed by atoms with van der Waals surface area (Å²) < 4.78 is 72.6. The standard InChI is InChI=1S/C9H14F6N2O/c1-5(16)3-2-4-17-7(18)6(8(10,11)12)9(13,14)15/h5-6H,2-4,16H2,1H3,(H,17,18). The number of halogens is 6. The van der Waals surface area contributed by atoms with E-state index >= 15 is 0 Å². The number of nitrogens with one attached hydrogen (secondary N) is 1. The van der Waals surface area contributed by atoms with Gasteiger partial charge in [-0.05, 0) is 19.8 Å². The molecule has 108 valence electrons. The second kappa shape index (κ2) is 6.26. The molecule has 0 bridgehead atoms. The molecule has 0 aliphatic rings. The topological polar surface area (TPSA) is 55.1 Å². The number of carbonyl (C=O) groups excluding carboxylic acids is 1. The molecule has 3 N–H and O–H groups in total. The van der Waals surface area contributed by atoms with Crippen LogP contribution in [0.4, 0.5) is 26.3 Å². The zero-order chi connectivity index (χ0) is 14.6. The normalized spacial score (nSPS) is 14.7. The molecule has 0 saturated heterocycles. The van der Waals surface area contributed by atoms with Gasteiger partial charge in [-0.25, -0.2) is 0 Å². The highest BCUT2D eigenvalue weighted by Crippen LogP contribution is 2.39. The van der Waals surface area contributed by atoms with E-state index in [9.17, 15) is 31.1 Å². The van der Waals surface area contributed by atoms with Gasteiger partial charge in [0, 0.05) is 12.6 Å². The fourth-order valence-corrected chi connectivity index (χ4v) is 1.22. The lowest BCUT2D eigenvalue weighted by atomic mass is 10.1. The predicted octanol–water partition coefficient (Wildman–Crippen LogP) is 1.97. The molecule has 0 aromatic carbocycles. The SMILES string of the molecule is CC(N)CCCNC(=O)C(C(F)(F)F)C(F)(F)F. The van der Waals surface area contributed by atoms with Gasteiger partial charge in [-0.15, -0.1) is 0 Å². The first-order valence-corrected chi connectivity index (χ1v) is 5.13. The van der Waals surface area contributed by atoms with Crippen LogP contribution in [0.3, 0.4) is 0 Å². The van der Waals surface area contributed by atoms with Crippen LogP contribution in [-0.4, -0.2) is 30.8 Å². The molecule has 1 atom stereocenters. The molecule has 1 amide bonds. The summed E-state index contributed by atoms with van der Waals surface area (Å²) in [5.74, 6) is -6.07. The van der Waals surface area contributed by atoms with Crippen LogP contribution in [0, 0.1) is 5.92 Å². The molecule has 1 unspecified atom stereocenters. The van der Waals surface area contributed by atoms with Crippen LogP contribution in [-0.2, 0) is 4.79 Å². The number of hydrogen-bond donors (Lipinski definition) is 2. The number of alkyl halides is 6. The number of rotatable bonds is 5. The predicted molar refractivity (Wildman–Crippen MR) is 51.5 cm³/mol. The molecule has 0 fully saturated rings. The van der Waals surface area contributed by atoms with Crippen LogP contribution in [0.15, 0.2) is 0 Å². The Labute approximate surface area is 99.7 Å². The Bertz CT molecular complexity index is 259. The maximum Gasteiger partial charge on any atom is 0.409 e. The number of hydrogen-bond acceptors (Lipinski definition) is 2. The van der Waals surface area contributed by atoms with E-state index in [1.807, 2.05) is 0 Å². The lowest BCUT2D eigenvalue weighted by molar-refractivity contribution is -0.274. The van der Waals surface area contributed by atoms with Crippen molar-refractivity contribution in [2.24, 2.45) is 11.7 Å². The third-order valence-electron chi connectivity index (χ3n) is 2.05. The van der Waals surface area contributed by atoms with Gasteiger partial charge < -0.3 is 11.1 Å². The highest BCUT2D eigenvalue weighted by molar-refractivity contribution is 5.80. The van der Waals surface area contributed by atoms with Crippen LogP contribution in [0.1, 0.15) is 19.8 Å². The summed E-state index contributed by atoms with van der Waals surface area (Å²) in [7, 11) is 0. The molecule has 0 heterocycles. The zero-order valence-electron chi connectivity index (χ0n) is 9.53. The van der Waals surface area contributed by atoms with Crippen molar-refractivity contribution in [2.75, 3.05) is 6.54 Å². The average Bonchev–Trinajstić information content (AvgIpc) is 2.06. The molecular weight excluding hydrogens is 266 g/mol. The number of nitrogens with two attached hydrogens (primary N) is 1. The molecule has 0 rings (SSSR count). The molecule has 0 aliphatic heterocycles. The molecule has 0 saturated carbocycles. The van der Waals surface area contributed by atoms with E-state index in [-0.39, 0.29) is 19.0 Å². The Morgan fingerprint density at radius 2 is 1.61 bits per heavy atom. The van der Waals surface area contributed by atoms with Crippen molar-refractivity contribution < 1.29 is 31.1 Å². The van der Waals surface area contributed by atoms with E-state index in [1.54, 1.807) is 12.2 Å². The quantitative estimate of drug-likeness (QED) is 0.597. The lowest BCUT2D eigenvalue weighted by Gasteiger charge is -2.22. The fraction of sp³-hybridized carbons (Fsp3) is 0.889. The van der Waals surface area contributed by atoms with Gasteiger partial charge in [0.1, 0.15) is 0 Å². The molecule has 0 aliphatic carbocycles. The summed E-state index contributed by atoms with van der Waals surface area (Å²) >= 11 is 0. The van der Waals surface area contributed by atoms with Crippen LogP contribution in [0.25, 0.3) is 0 Å². The molecule has 0 radical (unpaired) electrons. The molecular formula is C9H14F6N2O. The average molecular weight is 280 g/mol. The van der Waals surface area contributed by atoms with Crippen molar-refractivity contribution in [3.8, 4) is 0 Å². The van der Waals surface area contributed by atoms with Crippen molar-refractivity contribution >= 4 is 5.91 Å². The maximum atomic E-state index is 12.1. The van der Waals surface area contributed by atoms with Crippen LogP contribution in [0.2, 0.25) is 0 Å². The maximum absolute atomic E-state index is 12.1. The minimum atomic E-state index is -5.65. The first-order valence-electron chi connectivity index (χ1n) is 5.13. The zero-order valence-corrected chi connectivity index (χ0v) is 9.53. The van der Waals surface area contributed by atoms with Crippen molar-refractivity contribution in [3.63, 3.8) is 0 Å². The summed E-state index contributed by atoms with van der Waals surface area (Å²) in [5, 5.41) is 1.62. The molecule has 0 aromatic heterocycles. The van der Waals surface area contributed by atoms with E-state index < -0.39 is 24.2 Å².